The van der Waals surface area contributed by atoms with Gasteiger partial charge in [-0.1, -0.05) is 6.07 Å². The minimum Gasteiger partial charge on any atom is -0.465 e. The minimum atomic E-state index is -0.676. The van der Waals surface area contributed by atoms with Crippen molar-refractivity contribution in [3.63, 3.8) is 0 Å². The fourth-order valence-corrected chi connectivity index (χ4v) is 1.76. The van der Waals surface area contributed by atoms with Gasteiger partial charge >= 0.3 is 11.8 Å². The molecule has 110 valence electrons. The molecule has 0 aliphatic rings. The topological polar surface area (TPSA) is 84.2 Å². The first-order valence-corrected chi connectivity index (χ1v) is 6.66. The summed E-state index contributed by atoms with van der Waals surface area (Å²) in [4.78, 5) is 27.3. The van der Waals surface area contributed by atoms with Crippen molar-refractivity contribution in [2.24, 2.45) is 0 Å². The van der Waals surface area contributed by atoms with Crippen LogP contribution >= 0.6 is 0 Å². The van der Waals surface area contributed by atoms with E-state index in [9.17, 15) is 9.59 Å². The van der Waals surface area contributed by atoms with Crippen molar-refractivity contribution in [2.45, 2.75) is 19.9 Å². The molecule has 2 aromatic heterocycles. The average molecular weight is 287 g/mol. The Labute approximate surface area is 122 Å². The molecule has 0 radical (unpaired) electrons. The number of nitrogens with one attached hydrogen (secondary N) is 2. The van der Waals surface area contributed by atoms with Gasteiger partial charge in [0, 0.05) is 24.9 Å². The first-order valence-electron chi connectivity index (χ1n) is 6.66. The number of aryl methyl sites for hydroxylation is 1. The number of hydrogen-bond donors (Lipinski definition) is 2. The third kappa shape index (κ3) is 4.76. The van der Waals surface area contributed by atoms with Crippen LogP contribution in [0.2, 0.25) is 0 Å². The molecule has 0 saturated heterocycles. The van der Waals surface area contributed by atoms with Gasteiger partial charge in [0.25, 0.3) is 0 Å². The lowest BCUT2D eigenvalue weighted by atomic mass is 10.3. The average Bonchev–Trinajstić information content (AvgIpc) is 2.91. The maximum Gasteiger partial charge on any atom is 0.309 e. The molecule has 6 nitrogen and oxygen atoms in total. The van der Waals surface area contributed by atoms with E-state index in [1.165, 1.54) is 0 Å². The Morgan fingerprint density at radius 3 is 2.62 bits per heavy atom. The van der Waals surface area contributed by atoms with Crippen molar-refractivity contribution in [2.75, 3.05) is 6.54 Å². The second-order valence-electron chi connectivity index (χ2n) is 4.52. The summed E-state index contributed by atoms with van der Waals surface area (Å²) >= 11 is 0. The summed E-state index contributed by atoms with van der Waals surface area (Å²) in [5.41, 5.74) is 0.865. The van der Waals surface area contributed by atoms with Crippen LogP contribution in [0.15, 0.2) is 40.9 Å². The molecule has 0 aliphatic heterocycles. The molecule has 2 heterocycles. The lowest BCUT2D eigenvalue weighted by Crippen LogP contribution is -2.40. The van der Waals surface area contributed by atoms with Crippen LogP contribution in [-0.4, -0.2) is 23.3 Å². The van der Waals surface area contributed by atoms with Crippen molar-refractivity contribution in [3.8, 4) is 0 Å². The van der Waals surface area contributed by atoms with Gasteiger partial charge in [-0.25, -0.2) is 0 Å². The molecule has 0 spiro atoms. The zero-order valence-corrected chi connectivity index (χ0v) is 11.8. The highest BCUT2D eigenvalue weighted by Crippen LogP contribution is 2.05. The van der Waals surface area contributed by atoms with E-state index in [0.717, 1.165) is 11.5 Å². The Bertz CT molecular complexity index is 608. The summed E-state index contributed by atoms with van der Waals surface area (Å²) in [5.74, 6) is 0.0421. The fraction of sp³-hybridized carbons (Fsp3) is 0.267. The summed E-state index contributed by atoms with van der Waals surface area (Å²) in [6.45, 7) is 2.37. The molecule has 2 amide bonds. The molecule has 0 fully saturated rings. The molecule has 0 unspecified atom stereocenters. The summed E-state index contributed by atoms with van der Waals surface area (Å²) in [6, 6.07) is 9.13. The van der Waals surface area contributed by atoms with Crippen LogP contribution < -0.4 is 10.6 Å². The SMILES string of the molecule is Cc1ccc(CNC(=O)C(=O)NCCc2ccccn2)o1. The number of pyridine rings is 1. The summed E-state index contributed by atoms with van der Waals surface area (Å²) in [5, 5.41) is 5.05. The van der Waals surface area contributed by atoms with Gasteiger partial charge in [0.2, 0.25) is 0 Å². The highest BCUT2D eigenvalue weighted by Gasteiger charge is 2.13. The third-order valence-corrected chi connectivity index (χ3v) is 2.82. The van der Waals surface area contributed by atoms with Gasteiger partial charge in [0.15, 0.2) is 0 Å². The van der Waals surface area contributed by atoms with Gasteiger partial charge in [-0.2, -0.15) is 0 Å². The Morgan fingerprint density at radius 1 is 1.14 bits per heavy atom. The Morgan fingerprint density at radius 2 is 1.95 bits per heavy atom. The van der Waals surface area contributed by atoms with Gasteiger partial charge in [0.05, 0.1) is 6.54 Å². The number of hydrogen-bond acceptors (Lipinski definition) is 4. The highest BCUT2D eigenvalue weighted by atomic mass is 16.3. The molecule has 2 rings (SSSR count). The van der Waals surface area contributed by atoms with Gasteiger partial charge in [0.1, 0.15) is 11.5 Å². The van der Waals surface area contributed by atoms with Gasteiger partial charge in [-0.05, 0) is 31.2 Å². The molecule has 6 heteroatoms. The number of furan rings is 1. The molecule has 0 saturated carbocycles. The molecule has 0 aliphatic carbocycles. The van der Waals surface area contributed by atoms with E-state index < -0.39 is 11.8 Å². The molecule has 0 atom stereocenters. The van der Waals surface area contributed by atoms with Gasteiger partial charge < -0.3 is 15.1 Å². The zero-order valence-electron chi connectivity index (χ0n) is 11.8. The standard InChI is InChI=1S/C15H17N3O3/c1-11-5-6-13(21-11)10-18-15(20)14(19)17-9-7-12-4-2-3-8-16-12/h2-6,8H,7,9-10H2,1H3,(H,17,19)(H,18,20). The number of carbonyl (C=O) groups excluding carboxylic acids is 2. The van der Waals surface area contributed by atoms with Crippen LogP contribution in [0.5, 0.6) is 0 Å². The van der Waals surface area contributed by atoms with E-state index >= 15 is 0 Å². The highest BCUT2D eigenvalue weighted by molar-refractivity contribution is 6.35. The first-order chi connectivity index (χ1) is 10.1. The van der Waals surface area contributed by atoms with Crippen LogP contribution in [0.4, 0.5) is 0 Å². The lowest BCUT2D eigenvalue weighted by molar-refractivity contribution is -0.139. The third-order valence-electron chi connectivity index (χ3n) is 2.82. The Kier molecular flexibility index (Phi) is 5.09. The molecular weight excluding hydrogens is 270 g/mol. The van der Waals surface area contributed by atoms with Crippen LogP contribution in [0.25, 0.3) is 0 Å². The first kappa shape index (κ1) is 14.8. The molecule has 0 bridgehead atoms. The summed E-state index contributed by atoms with van der Waals surface area (Å²) < 4.78 is 5.30. The van der Waals surface area contributed by atoms with E-state index in [2.05, 4.69) is 15.6 Å². The van der Waals surface area contributed by atoms with Crippen molar-refractivity contribution >= 4 is 11.8 Å². The number of aromatic nitrogens is 1. The summed E-state index contributed by atoms with van der Waals surface area (Å²) in [6.07, 6.45) is 2.27. The molecule has 0 aromatic carbocycles. The quantitative estimate of drug-likeness (QED) is 0.802. The molecule has 2 N–H and O–H groups in total. The van der Waals surface area contributed by atoms with E-state index in [0.29, 0.717) is 18.7 Å². The predicted octanol–water partition coefficient (Wildman–Crippen LogP) is 0.958. The number of amides is 2. The maximum atomic E-state index is 11.6. The normalized spacial score (nSPS) is 10.1. The second kappa shape index (κ2) is 7.23. The smallest absolute Gasteiger partial charge is 0.309 e. The Balaban J connectivity index is 1.69. The maximum absolute atomic E-state index is 11.6. The van der Waals surface area contributed by atoms with E-state index in [4.69, 9.17) is 4.42 Å². The van der Waals surface area contributed by atoms with Crippen molar-refractivity contribution in [1.29, 1.82) is 0 Å². The number of carbonyl (C=O) groups is 2. The molecule has 21 heavy (non-hydrogen) atoms. The zero-order chi connectivity index (χ0) is 15.1. The second-order valence-corrected chi connectivity index (χ2v) is 4.52. The number of rotatable bonds is 5. The summed E-state index contributed by atoms with van der Waals surface area (Å²) in [7, 11) is 0. The predicted molar refractivity (Wildman–Crippen MR) is 76.2 cm³/mol. The van der Waals surface area contributed by atoms with Crippen molar-refractivity contribution < 1.29 is 14.0 Å². The monoisotopic (exact) mass is 287 g/mol. The van der Waals surface area contributed by atoms with Crippen LogP contribution in [0.1, 0.15) is 17.2 Å². The lowest BCUT2D eigenvalue weighted by Gasteiger charge is -2.05. The van der Waals surface area contributed by atoms with E-state index in [-0.39, 0.29) is 6.54 Å². The van der Waals surface area contributed by atoms with E-state index in [1.54, 1.807) is 18.3 Å². The van der Waals surface area contributed by atoms with Crippen LogP contribution in [0, 0.1) is 6.92 Å². The van der Waals surface area contributed by atoms with Crippen LogP contribution in [-0.2, 0) is 22.6 Å². The van der Waals surface area contributed by atoms with Crippen LogP contribution in [0.3, 0.4) is 0 Å². The van der Waals surface area contributed by atoms with Gasteiger partial charge in [-0.15, -0.1) is 0 Å². The Hall–Kier alpha value is -2.63. The fourth-order valence-electron chi connectivity index (χ4n) is 1.76. The van der Waals surface area contributed by atoms with Crippen molar-refractivity contribution in [3.05, 3.63) is 53.7 Å². The minimum absolute atomic E-state index is 0.195. The number of nitrogens with zero attached hydrogens (tertiary/aromatic N) is 1. The largest absolute Gasteiger partial charge is 0.465 e. The van der Waals surface area contributed by atoms with Crippen molar-refractivity contribution in [1.82, 2.24) is 15.6 Å². The van der Waals surface area contributed by atoms with Gasteiger partial charge in [-0.3, -0.25) is 14.6 Å². The molecular formula is C15H17N3O3. The van der Waals surface area contributed by atoms with E-state index in [1.807, 2.05) is 25.1 Å². The molecule has 2 aromatic rings.